The molecule has 8 heteroatoms. The Morgan fingerprint density at radius 1 is 1.17 bits per heavy atom. The van der Waals surface area contributed by atoms with Crippen LogP contribution in [0.4, 0.5) is 5.69 Å². The van der Waals surface area contributed by atoms with Crippen LogP contribution in [-0.4, -0.2) is 65.0 Å². The number of aryl methyl sites for hydroxylation is 1. The molecule has 0 spiro atoms. The van der Waals surface area contributed by atoms with E-state index in [9.17, 15) is 9.59 Å². The SMILES string of the molecule is CCc1ccc(C2CCN(C3CCN(c4cnc(C(=O)NC)nc4)CC3)C2)[nH]c1=O. The number of rotatable bonds is 5. The quantitative estimate of drug-likeness (QED) is 0.777. The van der Waals surface area contributed by atoms with E-state index in [1.165, 1.54) is 0 Å². The lowest BCUT2D eigenvalue weighted by atomic mass is 10.0. The summed E-state index contributed by atoms with van der Waals surface area (Å²) >= 11 is 0. The minimum absolute atomic E-state index is 0.0615. The fourth-order valence-corrected chi connectivity index (χ4v) is 4.61. The molecular weight excluding hydrogens is 380 g/mol. The third kappa shape index (κ3) is 4.23. The molecule has 2 aliphatic rings. The topological polar surface area (TPSA) is 94.2 Å². The van der Waals surface area contributed by atoms with Crippen LogP contribution in [0.1, 0.15) is 54.0 Å². The van der Waals surface area contributed by atoms with Gasteiger partial charge in [-0.2, -0.15) is 0 Å². The van der Waals surface area contributed by atoms with Gasteiger partial charge in [-0.15, -0.1) is 0 Å². The van der Waals surface area contributed by atoms with Crippen LogP contribution in [0.25, 0.3) is 0 Å². The van der Waals surface area contributed by atoms with Crippen molar-refractivity contribution in [1.29, 1.82) is 0 Å². The van der Waals surface area contributed by atoms with Gasteiger partial charge in [-0.1, -0.05) is 13.0 Å². The zero-order valence-electron chi connectivity index (χ0n) is 17.7. The predicted octanol–water partition coefficient (Wildman–Crippen LogP) is 1.55. The Balaban J connectivity index is 1.32. The van der Waals surface area contributed by atoms with Gasteiger partial charge in [0.25, 0.3) is 11.5 Å². The van der Waals surface area contributed by atoms with Gasteiger partial charge in [0, 0.05) is 49.9 Å². The average Bonchev–Trinajstić information content (AvgIpc) is 3.29. The minimum Gasteiger partial charge on any atom is -0.369 e. The summed E-state index contributed by atoms with van der Waals surface area (Å²) in [6.45, 7) is 6.01. The lowest BCUT2D eigenvalue weighted by Crippen LogP contribution is -2.44. The lowest BCUT2D eigenvalue weighted by molar-refractivity contribution is 0.0952. The second kappa shape index (κ2) is 8.95. The molecule has 2 aromatic heterocycles. The molecule has 160 valence electrons. The van der Waals surface area contributed by atoms with Crippen molar-refractivity contribution >= 4 is 11.6 Å². The summed E-state index contributed by atoms with van der Waals surface area (Å²) in [6.07, 6.45) is 7.52. The summed E-state index contributed by atoms with van der Waals surface area (Å²) in [4.78, 5) is 40.1. The Kier molecular flexibility index (Phi) is 6.13. The molecule has 4 rings (SSSR count). The molecule has 2 saturated heterocycles. The lowest BCUT2D eigenvalue weighted by Gasteiger charge is -2.37. The molecule has 2 fully saturated rings. The summed E-state index contributed by atoms with van der Waals surface area (Å²) in [7, 11) is 1.57. The van der Waals surface area contributed by atoms with Crippen LogP contribution < -0.4 is 15.8 Å². The van der Waals surface area contributed by atoms with Crippen molar-refractivity contribution in [2.24, 2.45) is 0 Å². The number of hydrogen-bond donors (Lipinski definition) is 2. The highest BCUT2D eigenvalue weighted by Crippen LogP contribution is 2.30. The number of anilines is 1. The Morgan fingerprint density at radius 3 is 2.53 bits per heavy atom. The molecule has 1 amide bonds. The average molecular weight is 411 g/mol. The summed E-state index contributed by atoms with van der Waals surface area (Å²) in [6, 6.07) is 4.64. The largest absolute Gasteiger partial charge is 0.369 e. The number of pyridine rings is 1. The molecule has 2 aromatic rings. The molecule has 8 nitrogen and oxygen atoms in total. The van der Waals surface area contributed by atoms with Crippen molar-refractivity contribution in [3.05, 3.63) is 52.0 Å². The maximum Gasteiger partial charge on any atom is 0.288 e. The first-order valence-corrected chi connectivity index (χ1v) is 10.8. The normalized spacial score (nSPS) is 20.5. The molecule has 30 heavy (non-hydrogen) atoms. The highest BCUT2D eigenvalue weighted by Gasteiger charge is 2.32. The van der Waals surface area contributed by atoms with Crippen molar-refractivity contribution in [2.75, 3.05) is 38.1 Å². The number of nitrogens with zero attached hydrogens (tertiary/aromatic N) is 4. The Hall–Kier alpha value is -2.74. The third-order valence-corrected chi connectivity index (χ3v) is 6.47. The first kappa shape index (κ1) is 20.5. The van der Waals surface area contributed by atoms with Gasteiger partial charge < -0.3 is 15.2 Å². The van der Waals surface area contributed by atoms with Gasteiger partial charge in [-0.3, -0.25) is 14.5 Å². The molecule has 0 radical (unpaired) electrons. The van der Waals surface area contributed by atoms with Gasteiger partial charge in [-0.05, 0) is 38.3 Å². The fraction of sp³-hybridized carbons (Fsp3) is 0.545. The molecule has 1 atom stereocenters. The van der Waals surface area contributed by atoms with Crippen molar-refractivity contribution in [1.82, 2.24) is 25.2 Å². The smallest absolute Gasteiger partial charge is 0.288 e. The Bertz CT molecular complexity index is 933. The van der Waals surface area contributed by atoms with Crippen LogP contribution >= 0.6 is 0 Å². The second-order valence-electron chi connectivity index (χ2n) is 8.16. The van der Waals surface area contributed by atoms with Crippen LogP contribution in [0.3, 0.4) is 0 Å². The highest BCUT2D eigenvalue weighted by molar-refractivity contribution is 5.90. The van der Waals surface area contributed by atoms with Gasteiger partial charge in [0.05, 0.1) is 18.1 Å². The monoisotopic (exact) mass is 410 g/mol. The zero-order chi connectivity index (χ0) is 21.1. The van der Waals surface area contributed by atoms with E-state index in [1.54, 1.807) is 19.4 Å². The second-order valence-corrected chi connectivity index (χ2v) is 8.16. The number of carbonyl (C=O) groups excluding carboxylic acids is 1. The molecule has 4 heterocycles. The molecule has 2 aliphatic heterocycles. The van der Waals surface area contributed by atoms with E-state index >= 15 is 0 Å². The van der Waals surface area contributed by atoms with Crippen molar-refractivity contribution in [2.45, 2.75) is 44.6 Å². The number of hydrogen-bond acceptors (Lipinski definition) is 6. The van der Waals surface area contributed by atoms with E-state index in [2.05, 4.69) is 36.1 Å². The summed E-state index contributed by atoms with van der Waals surface area (Å²) in [5.41, 5.74) is 2.96. The molecule has 0 aliphatic carbocycles. The van der Waals surface area contributed by atoms with Crippen molar-refractivity contribution in [3.63, 3.8) is 0 Å². The Labute approximate surface area is 176 Å². The van der Waals surface area contributed by atoms with Crippen LogP contribution in [0.5, 0.6) is 0 Å². The number of aromatic nitrogens is 3. The van der Waals surface area contributed by atoms with E-state index < -0.39 is 0 Å². The molecule has 1 unspecified atom stereocenters. The Morgan fingerprint density at radius 2 is 1.90 bits per heavy atom. The van der Waals surface area contributed by atoms with Gasteiger partial charge in [-0.25, -0.2) is 9.97 Å². The minimum atomic E-state index is -0.269. The highest BCUT2D eigenvalue weighted by atomic mass is 16.2. The summed E-state index contributed by atoms with van der Waals surface area (Å²) < 4.78 is 0. The van der Waals surface area contributed by atoms with E-state index in [1.807, 2.05) is 13.0 Å². The van der Waals surface area contributed by atoms with Gasteiger partial charge in [0.1, 0.15) is 0 Å². The van der Waals surface area contributed by atoms with Crippen LogP contribution in [0.2, 0.25) is 0 Å². The molecular formula is C22H30N6O2. The van der Waals surface area contributed by atoms with Crippen LogP contribution in [-0.2, 0) is 6.42 Å². The van der Waals surface area contributed by atoms with E-state index in [0.29, 0.717) is 12.0 Å². The number of H-pyrrole nitrogens is 1. The van der Waals surface area contributed by atoms with Crippen LogP contribution in [0, 0.1) is 0 Å². The van der Waals surface area contributed by atoms with E-state index in [0.717, 1.165) is 68.8 Å². The van der Waals surface area contributed by atoms with Crippen molar-refractivity contribution < 1.29 is 4.79 Å². The first-order chi connectivity index (χ1) is 14.6. The number of carbonyl (C=O) groups is 1. The van der Waals surface area contributed by atoms with E-state index in [-0.39, 0.29) is 17.3 Å². The predicted molar refractivity (Wildman–Crippen MR) is 116 cm³/mol. The number of nitrogens with one attached hydrogen (secondary N) is 2. The number of amides is 1. The van der Waals surface area contributed by atoms with Gasteiger partial charge in [0.2, 0.25) is 5.82 Å². The van der Waals surface area contributed by atoms with Gasteiger partial charge in [0.15, 0.2) is 0 Å². The standard InChI is InChI=1S/C22H30N6O2/c1-3-15-4-5-19(26-21(15)29)16-6-9-28(14-16)17-7-10-27(11-8-17)18-12-24-20(25-13-18)22(30)23-2/h4-5,12-13,16-17H,3,6-11,14H2,1-2H3,(H,23,30)(H,26,29). The fourth-order valence-electron chi connectivity index (χ4n) is 4.61. The maximum atomic E-state index is 12.2. The maximum absolute atomic E-state index is 12.2. The summed E-state index contributed by atoms with van der Waals surface area (Å²) in [5, 5.41) is 2.54. The first-order valence-electron chi connectivity index (χ1n) is 10.8. The van der Waals surface area contributed by atoms with Gasteiger partial charge >= 0.3 is 0 Å². The molecule has 0 saturated carbocycles. The third-order valence-electron chi connectivity index (χ3n) is 6.47. The van der Waals surface area contributed by atoms with Crippen LogP contribution in [0.15, 0.2) is 29.3 Å². The zero-order valence-corrected chi connectivity index (χ0v) is 17.7. The molecule has 0 bridgehead atoms. The molecule has 0 aromatic carbocycles. The summed E-state index contributed by atoms with van der Waals surface area (Å²) in [5.74, 6) is 0.339. The number of piperidine rings is 1. The van der Waals surface area contributed by atoms with Crippen molar-refractivity contribution in [3.8, 4) is 0 Å². The van der Waals surface area contributed by atoms with E-state index in [4.69, 9.17) is 0 Å². The number of likely N-dealkylation sites (tertiary alicyclic amines) is 1. The number of aromatic amines is 1. The molecule has 2 N–H and O–H groups in total.